The van der Waals surface area contributed by atoms with Crippen LogP contribution in [0.1, 0.15) is 38.8 Å². The number of carbonyl (C=O) groups excluding carboxylic acids is 1. The summed E-state index contributed by atoms with van der Waals surface area (Å²) in [6, 6.07) is 9.72. The predicted molar refractivity (Wildman–Crippen MR) is 86.9 cm³/mol. The molecule has 1 aliphatic rings. The van der Waals surface area contributed by atoms with Gasteiger partial charge in [-0.3, -0.25) is 9.80 Å². The van der Waals surface area contributed by atoms with Crippen LogP contribution in [0.3, 0.4) is 0 Å². The SMILES string of the molecule is CC(C)(C)[Si](C)(C)O[C@H]1CC(=O)N(N)[C@H]1c1ccccc1. The van der Waals surface area contributed by atoms with E-state index in [2.05, 4.69) is 33.9 Å². The minimum atomic E-state index is -1.94. The van der Waals surface area contributed by atoms with Crippen LogP contribution >= 0.6 is 0 Å². The molecule has 1 aromatic carbocycles. The van der Waals surface area contributed by atoms with E-state index in [1.54, 1.807) is 0 Å². The van der Waals surface area contributed by atoms with E-state index in [9.17, 15) is 4.79 Å². The number of hydrogen-bond acceptors (Lipinski definition) is 3. The first kappa shape index (κ1) is 16.2. The van der Waals surface area contributed by atoms with Crippen molar-refractivity contribution in [1.82, 2.24) is 5.01 Å². The van der Waals surface area contributed by atoms with Gasteiger partial charge in [0, 0.05) is 0 Å². The van der Waals surface area contributed by atoms with Gasteiger partial charge < -0.3 is 4.43 Å². The molecule has 1 aromatic rings. The number of benzene rings is 1. The zero-order valence-electron chi connectivity index (χ0n) is 13.6. The molecule has 4 nitrogen and oxygen atoms in total. The van der Waals surface area contributed by atoms with Crippen molar-refractivity contribution in [3.05, 3.63) is 35.9 Å². The van der Waals surface area contributed by atoms with Crippen LogP contribution in [0.15, 0.2) is 30.3 Å². The lowest BCUT2D eigenvalue weighted by Crippen LogP contribution is -2.46. The van der Waals surface area contributed by atoms with E-state index in [0.717, 1.165) is 5.56 Å². The molecule has 0 spiro atoms. The Labute approximate surface area is 128 Å². The van der Waals surface area contributed by atoms with Gasteiger partial charge in [0.2, 0.25) is 5.91 Å². The van der Waals surface area contributed by atoms with Crippen molar-refractivity contribution in [2.75, 3.05) is 0 Å². The molecule has 2 N–H and O–H groups in total. The predicted octanol–water partition coefficient (Wildman–Crippen LogP) is 3.22. The molecule has 1 fully saturated rings. The molecule has 2 rings (SSSR count). The Morgan fingerprint density at radius 1 is 1.24 bits per heavy atom. The Balaban J connectivity index is 2.28. The number of carbonyl (C=O) groups is 1. The number of hydrazine groups is 1. The van der Waals surface area contributed by atoms with Crippen molar-refractivity contribution in [2.45, 2.75) is 57.5 Å². The molecule has 0 aromatic heterocycles. The molecular weight excluding hydrogens is 280 g/mol. The number of nitrogens with zero attached hydrogens (tertiary/aromatic N) is 1. The summed E-state index contributed by atoms with van der Waals surface area (Å²) in [5, 5.41) is 1.45. The summed E-state index contributed by atoms with van der Waals surface area (Å²) in [6.07, 6.45) is 0.202. The molecule has 1 saturated heterocycles. The smallest absolute Gasteiger partial charge is 0.239 e. The van der Waals surface area contributed by atoms with Gasteiger partial charge in [-0.1, -0.05) is 51.1 Å². The van der Waals surface area contributed by atoms with Gasteiger partial charge in [0.25, 0.3) is 0 Å². The highest BCUT2D eigenvalue weighted by Crippen LogP contribution is 2.42. The number of hydrogen-bond donors (Lipinski definition) is 1. The average molecular weight is 306 g/mol. The first-order valence-corrected chi connectivity index (χ1v) is 10.3. The Morgan fingerprint density at radius 2 is 1.81 bits per heavy atom. The second kappa shape index (κ2) is 5.55. The molecule has 1 aliphatic heterocycles. The first-order valence-electron chi connectivity index (χ1n) is 7.43. The van der Waals surface area contributed by atoms with Gasteiger partial charge >= 0.3 is 0 Å². The van der Waals surface area contributed by atoms with Crippen molar-refractivity contribution in [2.24, 2.45) is 5.84 Å². The van der Waals surface area contributed by atoms with Crippen LogP contribution in [0.5, 0.6) is 0 Å². The summed E-state index contributed by atoms with van der Waals surface area (Å²) >= 11 is 0. The lowest BCUT2D eigenvalue weighted by Gasteiger charge is -2.40. The number of amides is 1. The Bertz CT molecular complexity index is 511. The molecule has 0 saturated carbocycles. The number of nitrogens with two attached hydrogens (primary N) is 1. The summed E-state index contributed by atoms with van der Waals surface area (Å²) in [4.78, 5) is 12.0. The third-order valence-corrected chi connectivity index (χ3v) is 9.21. The maximum absolute atomic E-state index is 12.0. The molecule has 116 valence electrons. The molecule has 0 radical (unpaired) electrons. The highest BCUT2D eigenvalue weighted by molar-refractivity contribution is 6.74. The zero-order valence-corrected chi connectivity index (χ0v) is 14.6. The Hall–Kier alpha value is -1.17. The molecule has 0 aliphatic carbocycles. The molecule has 1 heterocycles. The second-order valence-corrected chi connectivity index (χ2v) is 12.0. The molecule has 1 amide bonds. The minimum absolute atomic E-state index is 0.0486. The zero-order chi connectivity index (χ0) is 15.8. The van der Waals surface area contributed by atoms with Crippen molar-refractivity contribution < 1.29 is 9.22 Å². The van der Waals surface area contributed by atoms with Crippen molar-refractivity contribution in [1.29, 1.82) is 0 Å². The van der Waals surface area contributed by atoms with Crippen LogP contribution in [0.2, 0.25) is 18.1 Å². The normalized spacial score (nSPS) is 23.7. The fourth-order valence-corrected chi connectivity index (χ4v) is 3.73. The topological polar surface area (TPSA) is 55.6 Å². The van der Waals surface area contributed by atoms with E-state index in [4.69, 9.17) is 10.3 Å². The average Bonchev–Trinajstić information content (AvgIpc) is 2.64. The highest BCUT2D eigenvalue weighted by atomic mass is 28.4. The third kappa shape index (κ3) is 3.20. The molecule has 5 heteroatoms. The number of rotatable bonds is 3. The maximum atomic E-state index is 12.0. The Morgan fingerprint density at radius 3 is 2.33 bits per heavy atom. The van der Waals surface area contributed by atoms with E-state index in [0.29, 0.717) is 6.42 Å². The van der Waals surface area contributed by atoms with Gasteiger partial charge in [0.1, 0.15) is 0 Å². The first-order chi connectivity index (χ1) is 9.63. The molecule has 0 bridgehead atoms. The van der Waals surface area contributed by atoms with Gasteiger partial charge in [-0.05, 0) is 23.7 Å². The van der Waals surface area contributed by atoms with E-state index < -0.39 is 8.32 Å². The van der Waals surface area contributed by atoms with Gasteiger partial charge in [0.05, 0.1) is 18.6 Å². The van der Waals surface area contributed by atoms with Gasteiger partial charge in [-0.15, -0.1) is 0 Å². The third-order valence-electron chi connectivity index (χ3n) is 4.71. The van der Waals surface area contributed by atoms with Crippen molar-refractivity contribution in [3.8, 4) is 0 Å². The van der Waals surface area contributed by atoms with Crippen LogP contribution < -0.4 is 5.84 Å². The van der Waals surface area contributed by atoms with Crippen LogP contribution in [-0.4, -0.2) is 25.3 Å². The molecule has 2 atom stereocenters. The van der Waals surface area contributed by atoms with Crippen molar-refractivity contribution >= 4 is 14.2 Å². The maximum Gasteiger partial charge on any atom is 0.239 e. The Kier molecular flexibility index (Phi) is 4.28. The highest BCUT2D eigenvalue weighted by Gasteiger charge is 2.46. The minimum Gasteiger partial charge on any atom is -0.411 e. The molecular formula is C16H26N2O2Si. The summed E-state index contributed by atoms with van der Waals surface area (Å²) in [6.45, 7) is 11.0. The van der Waals surface area contributed by atoms with Crippen LogP contribution in [0, 0.1) is 0 Å². The van der Waals surface area contributed by atoms with E-state index >= 15 is 0 Å². The summed E-state index contributed by atoms with van der Waals surface area (Å²) in [5.41, 5.74) is 1.04. The van der Waals surface area contributed by atoms with Crippen LogP contribution in [0.4, 0.5) is 0 Å². The fourth-order valence-electron chi connectivity index (χ4n) is 2.41. The van der Waals surface area contributed by atoms with Crippen LogP contribution in [0.25, 0.3) is 0 Å². The summed E-state index contributed by atoms with van der Waals surface area (Å²) in [7, 11) is -1.94. The quantitative estimate of drug-likeness (QED) is 0.530. The largest absolute Gasteiger partial charge is 0.411 e. The van der Waals surface area contributed by atoms with Gasteiger partial charge in [-0.2, -0.15) is 0 Å². The summed E-state index contributed by atoms with van der Waals surface area (Å²) in [5.74, 6) is 5.94. The molecule has 21 heavy (non-hydrogen) atoms. The van der Waals surface area contributed by atoms with Gasteiger partial charge in [0.15, 0.2) is 8.32 Å². The van der Waals surface area contributed by atoms with E-state index in [1.165, 1.54) is 5.01 Å². The standard InChI is InChI=1S/C16H26N2O2Si/c1-16(2,3)21(4,5)20-13-11-14(19)18(17)15(13)12-9-7-6-8-10-12/h6-10,13,15H,11,17H2,1-5H3/t13-,15-/m0/s1. The lowest BCUT2D eigenvalue weighted by atomic mass is 10.0. The van der Waals surface area contributed by atoms with Crippen LogP contribution in [-0.2, 0) is 9.22 Å². The monoisotopic (exact) mass is 306 g/mol. The van der Waals surface area contributed by atoms with E-state index in [1.807, 2.05) is 30.3 Å². The van der Waals surface area contributed by atoms with Gasteiger partial charge in [-0.25, -0.2) is 5.84 Å². The second-order valence-electron chi connectivity index (χ2n) is 7.28. The molecule has 0 unspecified atom stereocenters. The summed E-state index contributed by atoms with van der Waals surface area (Å²) < 4.78 is 6.47. The fraction of sp³-hybridized carbons (Fsp3) is 0.562. The lowest BCUT2D eigenvalue weighted by molar-refractivity contribution is -0.129. The van der Waals surface area contributed by atoms with Crippen molar-refractivity contribution in [3.63, 3.8) is 0 Å². The van der Waals surface area contributed by atoms with E-state index in [-0.39, 0.29) is 23.1 Å².